The van der Waals surface area contributed by atoms with E-state index in [9.17, 15) is 4.79 Å². The number of fused-ring (bicyclic) bond motifs is 3. The van der Waals surface area contributed by atoms with Gasteiger partial charge in [0.2, 0.25) is 5.95 Å². The number of carbonyl (C=O) groups is 1. The number of hydrogen-bond donors (Lipinski definition) is 0. The highest BCUT2D eigenvalue weighted by Gasteiger charge is 2.26. The third kappa shape index (κ3) is 3.28. The first kappa shape index (κ1) is 19.2. The number of rotatable bonds is 4. The van der Waals surface area contributed by atoms with Gasteiger partial charge in [0.15, 0.2) is 11.5 Å². The minimum atomic E-state index is 0.0809. The number of amides is 1. The molecule has 5 rings (SSSR count). The van der Waals surface area contributed by atoms with E-state index >= 15 is 0 Å². The maximum absolute atomic E-state index is 12.7. The molecule has 3 aromatic heterocycles. The van der Waals surface area contributed by atoms with Crippen LogP contribution in [0.3, 0.4) is 0 Å². The van der Waals surface area contributed by atoms with E-state index in [-0.39, 0.29) is 5.91 Å². The highest BCUT2D eigenvalue weighted by atomic mass is 35.5. The van der Waals surface area contributed by atoms with Gasteiger partial charge in [0.25, 0.3) is 5.91 Å². The Bertz CT molecular complexity index is 1220. The van der Waals surface area contributed by atoms with Crippen molar-refractivity contribution in [2.45, 2.75) is 6.61 Å². The molecule has 1 fully saturated rings. The summed E-state index contributed by atoms with van der Waals surface area (Å²) in [5.74, 6) is 1.50. The Morgan fingerprint density at radius 1 is 1.20 bits per heavy atom. The zero-order chi connectivity index (χ0) is 20.7. The summed E-state index contributed by atoms with van der Waals surface area (Å²) in [7, 11) is 1.63. The van der Waals surface area contributed by atoms with Gasteiger partial charge in [-0.15, -0.1) is 21.5 Å². The van der Waals surface area contributed by atoms with Gasteiger partial charge in [0, 0.05) is 43.7 Å². The fourth-order valence-electron chi connectivity index (χ4n) is 3.75. The molecule has 8 nitrogen and oxygen atoms in total. The molecule has 1 amide bonds. The van der Waals surface area contributed by atoms with Crippen molar-refractivity contribution in [1.82, 2.24) is 24.5 Å². The fourth-order valence-corrected chi connectivity index (χ4v) is 4.60. The van der Waals surface area contributed by atoms with Crippen molar-refractivity contribution in [3.8, 4) is 0 Å². The van der Waals surface area contributed by atoms with Crippen LogP contribution in [-0.4, -0.2) is 63.7 Å². The third-order valence-corrected chi connectivity index (χ3v) is 6.30. The van der Waals surface area contributed by atoms with E-state index in [2.05, 4.69) is 15.1 Å². The summed E-state index contributed by atoms with van der Waals surface area (Å²) >= 11 is 7.68. The van der Waals surface area contributed by atoms with Crippen LogP contribution in [0.4, 0.5) is 5.95 Å². The molecule has 10 heteroatoms. The van der Waals surface area contributed by atoms with Crippen LogP contribution >= 0.6 is 22.9 Å². The van der Waals surface area contributed by atoms with E-state index in [1.165, 1.54) is 11.3 Å². The molecule has 1 aromatic carbocycles. The zero-order valence-electron chi connectivity index (χ0n) is 16.3. The van der Waals surface area contributed by atoms with Crippen LogP contribution in [0.25, 0.3) is 16.6 Å². The number of benzene rings is 1. The Morgan fingerprint density at radius 2 is 2.03 bits per heavy atom. The predicted octanol–water partition coefficient (Wildman–Crippen LogP) is 3.10. The summed E-state index contributed by atoms with van der Waals surface area (Å²) in [6, 6.07) is 9.34. The molecule has 154 valence electrons. The number of hydrogen-bond acceptors (Lipinski definition) is 7. The maximum atomic E-state index is 12.7. The van der Waals surface area contributed by atoms with Crippen molar-refractivity contribution in [1.29, 1.82) is 0 Å². The number of thiophene rings is 1. The fraction of sp³-hybridized carbons (Fsp3) is 0.300. The molecule has 0 bridgehead atoms. The van der Waals surface area contributed by atoms with Gasteiger partial charge in [-0.1, -0.05) is 17.7 Å². The van der Waals surface area contributed by atoms with E-state index in [4.69, 9.17) is 21.3 Å². The second-order valence-corrected chi connectivity index (χ2v) is 8.42. The second kappa shape index (κ2) is 7.82. The van der Waals surface area contributed by atoms with Crippen molar-refractivity contribution in [3.63, 3.8) is 0 Å². The molecule has 30 heavy (non-hydrogen) atoms. The summed E-state index contributed by atoms with van der Waals surface area (Å²) in [5.41, 5.74) is 1.48. The Morgan fingerprint density at radius 3 is 2.77 bits per heavy atom. The summed E-state index contributed by atoms with van der Waals surface area (Å²) in [5, 5.41) is 12.1. The first-order valence-electron chi connectivity index (χ1n) is 9.55. The highest BCUT2D eigenvalue weighted by Crippen LogP contribution is 2.27. The van der Waals surface area contributed by atoms with E-state index in [0.717, 1.165) is 27.4 Å². The molecule has 4 aromatic rings. The van der Waals surface area contributed by atoms with Crippen LogP contribution in [0, 0.1) is 0 Å². The zero-order valence-corrected chi connectivity index (χ0v) is 17.9. The van der Waals surface area contributed by atoms with Crippen molar-refractivity contribution >= 4 is 51.3 Å². The average Bonchev–Trinajstić information content (AvgIpc) is 3.44. The Kier molecular flexibility index (Phi) is 5.01. The third-order valence-electron chi connectivity index (χ3n) is 5.21. The van der Waals surface area contributed by atoms with Gasteiger partial charge in [-0.3, -0.25) is 4.79 Å². The van der Waals surface area contributed by atoms with Crippen LogP contribution in [-0.2, 0) is 11.3 Å². The Labute approximate surface area is 181 Å². The number of methoxy groups -OCH3 is 1. The quantitative estimate of drug-likeness (QED) is 0.483. The smallest absolute Gasteiger partial charge is 0.264 e. The lowest BCUT2D eigenvalue weighted by Crippen LogP contribution is -2.49. The number of nitrogens with zero attached hydrogens (tertiary/aromatic N) is 6. The van der Waals surface area contributed by atoms with Crippen LogP contribution in [0.2, 0.25) is 5.02 Å². The molecule has 0 N–H and O–H groups in total. The number of ether oxygens (including phenoxy) is 1. The molecular formula is C20H19ClN6O2S. The predicted molar refractivity (Wildman–Crippen MR) is 116 cm³/mol. The average molecular weight is 443 g/mol. The monoisotopic (exact) mass is 442 g/mol. The molecule has 1 aliphatic heterocycles. The summed E-state index contributed by atoms with van der Waals surface area (Å²) in [4.78, 5) is 22.4. The van der Waals surface area contributed by atoms with Crippen molar-refractivity contribution in [2.75, 3.05) is 38.2 Å². The molecule has 0 spiro atoms. The number of carbonyl (C=O) groups excluding carboxylic acids is 1. The highest BCUT2D eigenvalue weighted by molar-refractivity contribution is 7.12. The first-order valence-corrected chi connectivity index (χ1v) is 10.8. The van der Waals surface area contributed by atoms with Crippen molar-refractivity contribution in [3.05, 3.63) is 51.4 Å². The molecule has 1 saturated heterocycles. The first-order chi connectivity index (χ1) is 14.7. The molecule has 0 saturated carbocycles. The van der Waals surface area contributed by atoms with Gasteiger partial charge in [-0.05, 0) is 29.6 Å². The SMILES string of the molecule is COCc1nnc2c3ccc(Cl)cc3nc(N3CCN(C(=O)c4cccs4)CC3)n12. The molecular weight excluding hydrogens is 424 g/mol. The maximum Gasteiger partial charge on any atom is 0.264 e. The van der Waals surface area contributed by atoms with Gasteiger partial charge in [-0.2, -0.15) is 0 Å². The van der Waals surface area contributed by atoms with Gasteiger partial charge in [0.05, 0.1) is 10.4 Å². The number of aromatic nitrogens is 4. The van der Waals surface area contributed by atoms with Gasteiger partial charge in [-0.25, -0.2) is 9.38 Å². The summed E-state index contributed by atoms with van der Waals surface area (Å²) < 4.78 is 7.26. The lowest BCUT2D eigenvalue weighted by molar-refractivity contribution is 0.0751. The van der Waals surface area contributed by atoms with E-state index in [0.29, 0.717) is 43.6 Å². The van der Waals surface area contributed by atoms with E-state index < -0.39 is 0 Å². The molecule has 4 heterocycles. The standard InChI is InChI=1S/C20H19ClN6O2S/c1-29-12-17-23-24-18-14-5-4-13(21)11-15(14)22-20(27(17)18)26-8-6-25(7-9-26)19(28)16-3-2-10-30-16/h2-5,10-11H,6-9,12H2,1H3. The van der Waals surface area contributed by atoms with Crippen LogP contribution in [0.15, 0.2) is 35.7 Å². The summed E-state index contributed by atoms with van der Waals surface area (Å²) in [6.07, 6.45) is 0. The van der Waals surface area contributed by atoms with Crippen molar-refractivity contribution in [2.24, 2.45) is 0 Å². The van der Waals surface area contributed by atoms with E-state index in [1.54, 1.807) is 7.11 Å². The molecule has 0 radical (unpaired) electrons. The minimum absolute atomic E-state index is 0.0809. The number of piperazine rings is 1. The number of anilines is 1. The van der Waals surface area contributed by atoms with Crippen LogP contribution in [0.5, 0.6) is 0 Å². The number of halogens is 1. The normalized spacial score (nSPS) is 14.7. The summed E-state index contributed by atoms with van der Waals surface area (Å²) in [6.45, 7) is 2.89. The molecule has 0 unspecified atom stereocenters. The van der Waals surface area contributed by atoms with Gasteiger partial charge < -0.3 is 14.5 Å². The van der Waals surface area contributed by atoms with E-state index in [1.807, 2.05) is 45.0 Å². The minimum Gasteiger partial charge on any atom is -0.377 e. The molecule has 0 atom stereocenters. The van der Waals surface area contributed by atoms with Crippen LogP contribution < -0.4 is 4.90 Å². The largest absolute Gasteiger partial charge is 0.377 e. The topological polar surface area (TPSA) is 75.9 Å². The molecule has 0 aliphatic carbocycles. The van der Waals surface area contributed by atoms with Crippen LogP contribution in [0.1, 0.15) is 15.5 Å². The lowest BCUT2D eigenvalue weighted by Gasteiger charge is -2.35. The lowest BCUT2D eigenvalue weighted by atomic mass is 10.2. The van der Waals surface area contributed by atoms with Crippen molar-refractivity contribution < 1.29 is 9.53 Å². The molecule has 1 aliphatic rings. The Hall–Kier alpha value is -2.75. The van der Waals surface area contributed by atoms with Gasteiger partial charge >= 0.3 is 0 Å². The second-order valence-electron chi connectivity index (χ2n) is 7.04. The Balaban J connectivity index is 1.51. The van der Waals surface area contributed by atoms with Gasteiger partial charge in [0.1, 0.15) is 6.61 Å².